The summed E-state index contributed by atoms with van der Waals surface area (Å²) in [5.74, 6) is -0.427. The molecule has 0 fully saturated rings. The molecule has 0 aliphatic heterocycles. The molecule has 0 bridgehead atoms. The summed E-state index contributed by atoms with van der Waals surface area (Å²) in [6, 6.07) is 4.10. The summed E-state index contributed by atoms with van der Waals surface area (Å²) in [6.45, 7) is 5.80. The van der Waals surface area contributed by atoms with Crippen LogP contribution in [0.2, 0.25) is 0 Å². The maximum Gasteiger partial charge on any atom is 0.192 e. The molecular formula is C14H13FN2OS. The number of halogens is 1. The van der Waals surface area contributed by atoms with Gasteiger partial charge in [-0.05, 0) is 56.3 Å². The molecule has 0 amide bonds. The van der Waals surface area contributed by atoms with Crippen molar-refractivity contribution < 1.29 is 9.18 Å². The highest BCUT2D eigenvalue weighted by Gasteiger charge is 2.10. The third kappa shape index (κ3) is 2.98. The van der Waals surface area contributed by atoms with Gasteiger partial charge < -0.3 is 0 Å². The monoisotopic (exact) mass is 276 g/mol. The Morgan fingerprint density at radius 1 is 1.16 bits per heavy atom. The lowest BCUT2D eigenvalue weighted by Gasteiger charge is -2.07. The average molecular weight is 276 g/mol. The van der Waals surface area contributed by atoms with Crippen LogP contribution in [0.15, 0.2) is 28.3 Å². The Hall–Kier alpha value is -1.75. The van der Waals surface area contributed by atoms with Gasteiger partial charge in [0.1, 0.15) is 5.82 Å². The standard InChI is InChI=1S/C14H13FN2OS/c1-8-9(2)16-14(17-10(8)3)19-13-5-4-12(15)6-11(13)7-18/h4-7H,1-3H3. The number of aldehydes is 1. The summed E-state index contributed by atoms with van der Waals surface area (Å²) < 4.78 is 13.1. The van der Waals surface area contributed by atoms with E-state index in [2.05, 4.69) is 9.97 Å². The van der Waals surface area contributed by atoms with E-state index >= 15 is 0 Å². The molecule has 2 aromatic rings. The number of hydrogen-bond acceptors (Lipinski definition) is 4. The van der Waals surface area contributed by atoms with E-state index in [0.29, 0.717) is 21.9 Å². The first-order chi connectivity index (χ1) is 9.01. The Morgan fingerprint density at radius 2 is 1.79 bits per heavy atom. The minimum atomic E-state index is -0.427. The van der Waals surface area contributed by atoms with Crippen LogP contribution in [0.3, 0.4) is 0 Å². The minimum Gasteiger partial charge on any atom is -0.298 e. The Bertz CT molecular complexity index is 620. The van der Waals surface area contributed by atoms with Crippen LogP contribution in [0.25, 0.3) is 0 Å². The van der Waals surface area contributed by atoms with Crippen molar-refractivity contribution >= 4 is 18.0 Å². The maximum atomic E-state index is 13.1. The molecule has 0 saturated carbocycles. The van der Waals surface area contributed by atoms with Gasteiger partial charge in [0.05, 0.1) is 0 Å². The van der Waals surface area contributed by atoms with Crippen molar-refractivity contribution in [2.24, 2.45) is 0 Å². The molecule has 0 N–H and O–H groups in total. The van der Waals surface area contributed by atoms with E-state index in [1.807, 2.05) is 20.8 Å². The molecule has 0 saturated heterocycles. The number of aromatic nitrogens is 2. The van der Waals surface area contributed by atoms with Gasteiger partial charge in [0.25, 0.3) is 0 Å². The fourth-order valence-electron chi connectivity index (χ4n) is 1.59. The van der Waals surface area contributed by atoms with Gasteiger partial charge in [-0.15, -0.1) is 0 Å². The second-order valence-electron chi connectivity index (χ2n) is 4.20. The van der Waals surface area contributed by atoms with Crippen molar-refractivity contribution in [3.8, 4) is 0 Å². The molecular weight excluding hydrogens is 263 g/mol. The molecule has 98 valence electrons. The topological polar surface area (TPSA) is 42.9 Å². The lowest BCUT2D eigenvalue weighted by molar-refractivity contribution is 0.112. The first-order valence-corrected chi connectivity index (χ1v) is 6.57. The molecule has 0 aliphatic rings. The molecule has 0 aliphatic carbocycles. The van der Waals surface area contributed by atoms with E-state index in [-0.39, 0.29) is 0 Å². The molecule has 0 spiro atoms. The number of benzene rings is 1. The Kier molecular flexibility index (Phi) is 3.95. The summed E-state index contributed by atoms with van der Waals surface area (Å²) in [5, 5.41) is 0.565. The van der Waals surface area contributed by atoms with Crippen LogP contribution in [0.1, 0.15) is 27.3 Å². The number of carbonyl (C=O) groups excluding carboxylic acids is 1. The van der Waals surface area contributed by atoms with Gasteiger partial charge >= 0.3 is 0 Å². The Morgan fingerprint density at radius 3 is 2.37 bits per heavy atom. The van der Waals surface area contributed by atoms with Crippen LogP contribution in [-0.4, -0.2) is 16.3 Å². The largest absolute Gasteiger partial charge is 0.298 e. The van der Waals surface area contributed by atoms with Gasteiger partial charge in [-0.1, -0.05) is 0 Å². The van der Waals surface area contributed by atoms with E-state index in [1.165, 1.54) is 23.9 Å². The highest BCUT2D eigenvalue weighted by molar-refractivity contribution is 7.99. The molecule has 5 heteroatoms. The molecule has 0 unspecified atom stereocenters. The second-order valence-corrected chi connectivity index (χ2v) is 5.21. The third-order valence-electron chi connectivity index (χ3n) is 2.91. The van der Waals surface area contributed by atoms with E-state index in [4.69, 9.17) is 0 Å². The fourth-order valence-corrected chi connectivity index (χ4v) is 2.51. The summed E-state index contributed by atoms with van der Waals surface area (Å²) in [6.07, 6.45) is 0.638. The SMILES string of the molecule is Cc1nc(Sc2ccc(F)cc2C=O)nc(C)c1C. The van der Waals surface area contributed by atoms with E-state index in [9.17, 15) is 9.18 Å². The molecule has 3 nitrogen and oxygen atoms in total. The van der Waals surface area contributed by atoms with Gasteiger partial charge in [-0.3, -0.25) is 4.79 Å². The normalized spacial score (nSPS) is 10.5. The van der Waals surface area contributed by atoms with Crippen molar-refractivity contribution in [3.63, 3.8) is 0 Å². The summed E-state index contributed by atoms with van der Waals surface area (Å²) in [7, 11) is 0. The summed E-state index contributed by atoms with van der Waals surface area (Å²) in [4.78, 5) is 20.3. The smallest absolute Gasteiger partial charge is 0.192 e. The molecule has 1 aromatic carbocycles. The van der Waals surface area contributed by atoms with Crippen LogP contribution in [-0.2, 0) is 0 Å². The Balaban J connectivity index is 2.39. The van der Waals surface area contributed by atoms with Crippen LogP contribution in [0.5, 0.6) is 0 Å². The third-order valence-corrected chi connectivity index (χ3v) is 3.87. The zero-order chi connectivity index (χ0) is 14.0. The summed E-state index contributed by atoms with van der Waals surface area (Å²) >= 11 is 1.26. The molecule has 0 atom stereocenters. The first kappa shape index (κ1) is 13.7. The van der Waals surface area contributed by atoms with Crippen LogP contribution in [0, 0.1) is 26.6 Å². The number of nitrogens with zero attached hydrogens (tertiary/aromatic N) is 2. The van der Waals surface area contributed by atoms with E-state index in [1.54, 1.807) is 6.07 Å². The Labute approximate surface area is 115 Å². The van der Waals surface area contributed by atoms with Gasteiger partial charge in [-0.2, -0.15) is 0 Å². The van der Waals surface area contributed by atoms with Crippen molar-refractivity contribution in [1.82, 2.24) is 9.97 Å². The highest BCUT2D eigenvalue weighted by Crippen LogP contribution is 2.28. The lowest BCUT2D eigenvalue weighted by atomic mass is 10.2. The number of hydrogen-bond donors (Lipinski definition) is 0. The van der Waals surface area contributed by atoms with E-state index < -0.39 is 5.82 Å². The zero-order valence-electron chi connectivity index (χ0n) is 10.9. The second kappa shape index (κ2) is 5.48. The van der Waals surface area contributed by atoms with Crippen LogP contribution in [0.4, 0.5) is 4.39 Å². The lowest BCUT2D eigenvalue weighted by Crippen LogP contribution is -1.98. The number of carbonyl (C=O) groups is 1. The molecule has 0 radical (unpaired) electrons. The predicted octanol–water partition coefficient (Wildman–Crippen LogP) is 3.50. The van der Waals surface area contributed by atoms with Crippen LogP contribution >= 0.6 is 11.8 Å². The maximum absolute atomic E-state index is 13.1. The van der Waals surface area contributed by atoms with Crippen LogP contribution < -0.4 is 0 Å². The first-order valence-electron chi connectivity index (χ1n) is 5.75. The molecule has 19 heavy (non-hydrogen) atoms. The molecule has 1 aromatic heterocycles. The van der Waals surface area contributed by atoms with Crippen molar-refractivity contribution in [2.45, 2.75) is 30.8 Å². The van der Waals surface area contributed by atoms with Gasteiger partial charge in [0, 0.05) is 21.8 Å². The van der Waals surface area contributed by atoms with Gasteiger partial charge in [0.15, 0.2) is 11.4 Å². The molecule has 1 heterocycles. The average Bonchev–Trinajstić information content (AvgIpc) is 2.38. The minimum absolute atomic E-state index is 0.310. The highest BCUT2D eigenvalue weighted by atomic mass is 32.2. The number of aryl methyl sites for hydroxylation is 2. The fraction of sp³-hybridized carbons (Fsp3) is 0.214. The van der Waals surface area contributed by atoms with Crippen molar-refractivity contribution in [3.05, 3.63) is 46.5 Å². The van der Waals surface area contributed by atoms with Crippen molar-refractivity contribution in [2.75, 3.05) is 0 Å². The predicted molar refractivity (Wildman–Crippen MR) is 72.2 cm³/mol. The molecule has 2 rings (SSSR count). The van der Waals surface area contributed by atoms with E-state index in [0.717, 1.165) is 17.0 Å². The van der Waals surface area contributed by atoms with Gasteiger partial charge in [-0.25, -0.2) is 14.4 Å². The zero-order valence-corrected chi connectivity index (χ0v) is 11.7. The summed E-state index contributed by atoms with van der Waals surface area (Å²) in [5.41, 5.74) is 3.18. The van der Waals surface area contributed by atoms with Gasteiger partial charge in [0.2, 0.25) is 0 Å². The quantitative estimate of drug-likeness (QED) is 0.635. The number of rotatable bonds is 3. The van der Waals surface area contributed by atoms with Crippen molar-refractivity contribution in [1.29, 1.82) is 0 Å².